The lowest BCUT2D eigenvalue weighted by Gasteiger charge is -2.31. The van der Waals surface area contributed by atoms with Crippen LogP contribution < -0.4 is 5.32 Å². The summed E-state index contributed by atoms with van der Waals surface area (Å²) in [5.41, 5.74) is 3.53. The maximum Gasteiger partial charge on any atom is 0.152 e. The Morgan fingerprint density at radius 1 is 1.15 bits per heavy atom. The van der Waals surface area contributed by atoms with Gasteiger partial charge >= 0.3 is 0 Å². The van der Waals surface area contributed by atoms with Crippen molar-refractivity contribution in [1.29, 1.82) is 0 Å². The Labute approximate surface area is 196 Å². The van der Waals surface area contributed by atoms with Crippen molar-refractivity contribution >= 4 is 29.6 Å². The summed E-state index contributed by atoms with van der Waals surface area (Å²) >= 11 is 0. The van der Waals surface area contributed by atoms with Crippen LogP contribution in [0.4, 0.5) is 15.8 Å². The second-order valence-electron chi connectivity index (χ2n) is 9.36. The molecule has 2 aromatic carbocycles. The molecule has 0 amide bonds. The number of para-hydroxylation sites is 1. The SMILES string of the molecule is C=Cc1cc(F)cc(C(C)Nc2ccccc2C=O)c1N=C(C1CCCCC1)N(C)C1CC1. The topological polar surface area (TPSA) is 44.7 Å². The molecule has 2 aromatic rings. The first-order valence-corrected chi connectivity index (χ1v) is 12.1. The third kappa shape index (κ3) is 5.35. The van der Waals surface area contributed by atoms with Gasteiger partial charge in [-0.15, -0.1) is 0 Å². The number of nitrogens with one attached hydrogen (secondary N) is 1. The number of benzene rings is 2. The lowest BCUT2D eigenvalue weighted by molar-refractivity contribution is 0.112. The summed E-state index contributed by atoms with van der Waals surface area (Å²) in [7, 11) is 2.16. The van der Waals surface area contributed by atoms with E-state index in [2.05, 4.69) is 23.8 Å². The number of nitrogens with zero attached hydrogens (tertiary/aromatic N) is 2. The third-order valence-corrected chi connectivity index (χ3v) is 6.93. The highest BCUT2D eigenvalue weighted by atomic mass is 19.1. The molecule has 0 saturated heterocycles. The highest BCUT2D eigenvalue weighted by Crippen LogP contribution is 2.38. The molecule has 174 valence electrons. The van der Waals surface area contributed by atoms with Gasteiger partial charge in [0.15, 0.2) is 6.29 Å². The highest BCUT2D eigenvalue weighted by Gasteiger charge is 2.33. The summed E-state index contributed by atoms with van der Waals surface area (Å²) in [5, 5.41) is 3.40. The van der Waals surface area contributed by atoms with E-state index in [-0.39, 0.29) is 11.9 Å². The summed E-state index contributed by atoms with van der Waals surface area (Å²) in [6.45, 7) is 5.92. The van der Waals surface area contributed by atoms with Gasteiger partial charge in [-0.25, -0.2) is 9.38 Å². The van der Waals surface area contributed by atoms with Gasteiger partial charge in [0.25, 0.3) is 0 Å². The fourth-order valence-corrected chi connectivity index (χ4v) is 4.88. The molecule has 0 aromatic heterocycles. The lowest BCUT2D eigenvalue weighted by Crippen LogP contribution is -2.35. The zero-order valence-electron chi connectivity index (χ0n) is 19.7. The van der Waals surface area contributed by atoms with Gasteiger partial charge in [0.05, 0.1) is 11.7 Å². The highest BCUT2D eigenvalue weighted by molar-refractivity contribution is 5.89. The second kappa shape index (κ2) is 10.3. The van der Waals surface area contributed by atoms with Crippen LogP contribution >= 0.6 is 0 Å². The molecule has 4 nitrogen and oxygen atoms in total. The number of anilines is 1. The molecule has 2 aliphatic carbocycles. The van der Waals surface area contributed by atoms with E-state index >= 15 is 0 Å². The number of halogens is 1. The van der Waals surface area contributed by atoms with E-state index in [0.717, 1.165) is 41.9 Å². The van der Waals surface area contributed by atoms with Crippen molar-refractivity contribution in [2.75, 3.05) is 12.4 Å². The van der Waals surface area contributed by atoms with Gasteiger partial charge in [-0.2, -0.15) is 0 Å². The van der Waals surface area contributed by atoms with Crippen molar-refractivity contribution in [2.45, 2.75) is 64.0 Å². The Morgan fingerprint density at radius 3 is 2.55 bits per heavy atom. The Bertz CT molecular complexity index is 1040. The predicted octanol–water partition coefficient (Wildman–Crippen LogP) is 7.16. The molecule has 1 unspecified atom stereocenters. The maximum atomic E-state index is 14.6. The molecule has 0 heterocycles. The van der Waals surface area contributed by atoms with Gasteiger partial charge in [0, 0.05) is 41.4 Å². The first kappa shape index (κ1) is 23.2. The minimum Gasteiger partial charge on any atom is -0.378 e. The monoisotopic (exact) mass is 447 g/mol. The third-order valence-electron chi connectivity index (χ3n) is 6.93. The minimum atomic E-state index is -0.314. The molecular weight excluding hydrogens is 413 g/mol. The van der Waals surface area contributed by atoms with Gasteiger partial charge in [0.1, 0.15) is 11.7 Å². The Kier molecular flexibility index (Phi) is 7.26. The lowest BCUT2D eigenvalue weighted by atomic mass is 9.87. The van der Waals surface area contributed by atoms with Crippen LogP contribution in [-0.2, 0) is 0 Å². The van der Waals surface area contributed by atoms with Crippen LogP contribution in [-0.4, -0.2) is 30.1 Å². The smallest absolute Gasteiger partial charge is 0.152 e. The van der Waals surface area contributed by atoms with Gasteiger partial charge in [-0.1, -0.05) is 44.1 Å². The molecule has 2 saturated carbocycles. The molecule has 0 spiro atoms. The molecule has 5 heteroatoms. The number of carbonyl (C=O) groups is 1. The molecule has 33 heavy (non-hydrogen) atoms. The van der Waals surface area contributed by atoms with E-state index in [9.17, 15) is 9.18 Å². The fraction of sp³-hybridized carbons (Fsp3) is 0.429. The zero-order valence-corrected chi connectivity index (χ0v) is 19.7. The van der Waals surface area contributed by atoms with Crippen LogP contribution in [0.1, 0.15) is 79.4 Å². The number of aliphatic imine (C=N–C) groups is 1. The second-order valence-corrected chi connectivity index (χ2v) is 9.36. The maximum absolute atomic E-state index is 14.6. The number of aldehydes is 1. The summed E-state index contributed by atoms with van der Waals surface area (Å²) in [6, 6.07) is 10.7. The molecule has 1 atom stereocenters. The molecule has 0 aliphatic heterocycles. The van der Waals surface area contributed by atoms with E-state index in [0.29, 0.717) is 23.1 Å². The molecular formula is C28H34FN3O. The summed E-state index contributed by atoms with van der Waals surface area (Å²) in [4.78, 5) is 19.1. The average molecular weight is 448 g/mol. The quantitative estimate of drug-likeness (QED) is 0.265. The van der Waals surface area contributed by atoms with Gasteiger partial charge in [-0.05, 0) is 56.9 Å². The molecule has 2 aliphatic rings. The van der Waals surface area contributed by atoms with Crippen molar-refractivity contribution < 1.29 is 9.18 Å². The van der Waals surface area contributed by atoms with E-state index in [1.165, 1.54) is 38.2 Å². The summed E-state index contributed by atoms with van der Waals surface area (Å²) < 4.78 is 14.6. The van der Waals surface area contributed by atoms with Crippen LogP contribution in [0.15, 0.2) is 48.0 Å². The van der Waals surface area contributed by atoms with Crippen molar-refractivity contribution in [1.82, 2.24) is 4.90 Å². The number of rotatable bonds is 8. The molecule has 4 rings (SSSR count). The van der Waals surface area contributed by atoms with Crippen LogP contribution in [0.25, 0.3) is 6.08 Å². The van der Waals surface area contributed by atoms with Gasteiger partial charge < -0.3 is 10.2 Å². The van der Waals surface area contributed by atoms with Crippen LogP contribution in [0.3, 0.4) is 0 Å². The van der Waals surface area contributed by atoms with E-state index in [1.54, 1.807) is 18.2 Å². The average Bonchev–Trinajstić information content (AvgIpc) is 3.69. The normalized spacial score (nSPS) is 18.0. The number of carbonyl (C=O) groups excluding carboxylic acids is 1. The van der Waals surface area contributed by atoms with Crippen molar-refractivity contribution in [3.05, 3.63) is 65.5 Å². The van der Waals surface area contributed by atoms with Crippen molar-refractivity contribution in [3.63, 3.8) is 0 Å². The van der Waals surface area contributed by atoms with Crippen LogP contribution in [0.2, 0.25) is 0 Å². The van der Waals surface area contributed by atoms with Crippen LogP contribution in [0.5, 0.6) is 0 Å². The number of hydrogen-bond acceptors (Lipinski definition) is 3. The van der Waals surface area contributed by atoms with Gasteiger partial charge in [-0.3, -0.25) is 4.79 Å². The number of amidine groups is 1. The van der Waals surface area contributed by atoms with E-state index in [4.69, 9.17) is 4.99 Å². The molecule has 2 fully saturated rings. The van der Waals surface area contributed by atoms with Crippen molar-refractivity contribution in [3.8, 4) is 0 Å². The van der Waals surface area contributed by atoms with E-state index < -0.39 is 0 Å². The standard InChI is InChI=1S/C28H34FN3O/c1-4-20-16-23(29)17-25(19(2)30-26-13-9-8-12-22(26)18-33)27(20)31-28(32(3)24-14-15-24)21-10-6-5-7-11-21/h4,8-9,12-13,16-19,21,24,30H,1,5-7,10-11,14-15H2,2-3H3. The molecule has 0 bridgehead atoms. The molecule has 1 N–H and O–H groups in total. The largest absolute Gasteiger partial charge is 0.378 e. The Hall–Kier alpha value is -2.95. The Balaban J connectivity index is 1.77. The summed E-state index contributed by atoms with van der Waals surface area (Å²) in [6.07, 6.45) is 11.0. The first-order chi connectivity index (χ1) is 16.0. The van der Waals surface area contributed by atoms with Crippen LogP contribution in [0, 0.1) is 11.7 Å². The summed E-state index contributed by atoms with van der Waals surface area (Å²) in [5.74, 6) is 1.23. The van der Waals surface area contributed by atoms with E-state index in [1.807, 2.05) is 25.1 Å². The first-order valence-electron chi connectivity index (χ1n) is 12.1. The zero-order chi connectivity index (χ0) is 23.4. The minimum absolute atomic E-state index is 0.252. The van der Waals surface area contributed by atoms with Crippen molar-refractivity contribution in [2.24, 2.45) is 10.9 Å². The Morgan fingerprint density at radius 2 is 1.88 bits per heavy atom. The molecule has 0 radical (unpaired) electrons. The fourth-order valence-electron chi connectivity index (χ4n) is 4.88. The van der Waals surface area contributed by atoms with Gasteiger partial charge in [0.2, 0.25) is 0 Å². The predicted molar refractivity (Wildman–Crippen MR) is 135 cm³/mol. The number of hydrogen-bond donors (Lipinski definition) is 1.